The van der Waals surface area contributed by atoms with Gasteiger partial charge in [0.15, 0.2) is 0 Å². The normalized spacial score (nSPS) is 16.8. The van der Waals surface area contributed by atoms with Crippen molar-refractivity contribution < 1.29 is 9.53 Å². The number of benzene rings is 1. The fraction of sp³-hybridized carbons (Fsp3) is 0.389. The number of ether oxygens (including phenoxy) is 1. The van der Waals surface area contributed by atoms with E-state index in [0.717, 1.165) is 30.7 Å². The highest BCUT2D eigenvalue weighted by atomic mass is 16.5. The fourth-order valence-corrected chi connectivity index (χ4v) is 2.70. The molecular formula is C18H22N4O2. The molecule has 3 rings (SSSR count). The van der Waals surface area contributed by atoms with Gasteiger partial charge in [-0.15, -0.1) is 0 Å². The third-order valence-corrected chi connectivity index (χ3v) is 4.00. The minimum Gasteiger partial charge on any atom is -0.376 e. The number of para-hydroxylation sites is 1. The Kier molecular flexibility index (Phi) is 5.05. The molecule has 0 bridgehead atoms. The van der Waals surface area contributed by atoms with Gasteiger partial charge in [0, 0.05) is 24.9 Å². The molecule has 1 aromatic carbocycles. The van der Waals surface area contributed by atoms with E-state index in [1.807, 2.05) is 31.2 Å². The van der Waals surface area contributed by atoms with Crippen LogP contribution in [0.1, 0.15) is 34.7 Å². The molecule has 1 fully saturated rings. The van der Waals surface area contributed by atoms with Gasteiger partial charge in [-0.05, 0) is 38.3 Å². The molecule has 6 nitrogen and oxygen atoms in total. The molecule has 126 valence electrons. The number of hydrogen-bond acceptors (Lipinski definition) is 5. The standard InChI is InChI=1S/C18H22N4O2/c1-12-6-3-4-8-15(12)22-18(23)16-10-17(21-13(2)20-16)19-11-14-7-5-9-24-14/h3-4,6,8,10,14H,5,7,9,11H2,1-2H3,(H,22,23)(H,19,20,21). The van der Waals surface area contributed by atoms with Gasteiger partial charge in [0.05, 0.1) is 6.10 Å². The molecule has 2 N–H and O–H groups in total. The molecule has 2 heterocycles. The molecule has 24 heavy (non-hydrogen) atoms. The summed E-state index contributed by atoms with van der Waals surface area (Å²) in [6, 6.07) is 9.33. The maximum atomic E-state index is 12.5. The van der Waals surface area contributed by atoms with Gasteiger partial charge >= 0.3 is 0 Å². The molecule has 2 aromatic rings. The van der Waals surface area contributed by atoms with Gasteiger partial charge in [0.25, 0.3) is 5.91 Å². The average molecular weight is 326 g/mol. The van der Waals surface area contributed by atoms with E-state index in [0.29, 0.717) is 23.9 Å². The maximum absolute atomic E-state index is 12.5. The Labute approximate surface area is 141 Å². The molecule has 1 saturated heterocycles. The van der Waals surface area contributed by atoms with Crippen molar-refractivity contribution in [3.05, 3.63) is 47.4 Å². The second-order valence-corrected chi connectivity index (χ2v) is 5.97. The maximum Gasteiger partial charge on any atom is 0.274 e. The summed E-state index contributed by atoms with van der Waals surface area (Å²) >= 11 is 0. The van der Waals surface area contributed by atoms with Crippen molar-refractivity contribution in [2.45, 2.75) is 32.8 Å². The number of nitrogens with one attached hydrogen (secondary N) is 2. The highest BCUT2D eigenvalue weighted by Crippen LogP contribution is 2.16. The Balaban J connectivity index is 1.70. The number of aromatic nitrogens is 2. The Morgan fingerprint density at radius 2 is 2.12 bits per heavy atom. The molecule has 1 aliphatic rings. The first-order valence-electron chi connectivity index (χ1n) is 8.20. The summed E-state index contributed by atoms with van der Waals surface area (Å²) in [6.45, 7) is 5.24. The number of rotatable bonds is 5. The van der Waals surface area contributed by atoms with Gasteiger partial charge in [0.1, 0.15) is 17.3 Å². The Bertz CT molecular complexity index is 727. The zero-order valence-electron chi connectivity index (χ0n) is 14.0. The number of amides is 1. The molecule has 1 unspecified atom stereocenters. The number of carbonyl (C=O) groups is 1. The number of hydrogen-bond donors (Lipinski definition) is 2. The molecule has 0 aliphatic carbocycles. The lowest BCUT2D eigenvalue weighted by Crippen LogP contribution is -2.20. The van der Waals surface area contributed by atoms with Gasteiger partial charge in [-0.2, -0.15) is 0 Å². The predicted molar refractivity (Wildman–Crippen MR) is 93.4 cm³/mol. The predicted octanol–water partition coefficient (Wildman–Crippen LogP) is 2.94. The molecule has 1 aliphatic heterocycles. The molecular weight excluding hydrogens is 304 g/mol. The van der Waals surface area contributed by atoms with Crippen LogP contribution < -0.4 is 10.6 Å². The van der Waals surface area contributed by atoms with E-state index in [1.54, 1.807) is 13.0 Å². The lowest BCUT2D eigenvalue weighted by molar-refractivity contribution is 0.102. The summed E-state index contributed by atoms with van der Waals surface area (Å²) in [5.41, 5.74) is 2.14. The van der Waals surface area contributed by atoms with Crippen molar-refractivity contribution in [1.82, 2.24) is 9.97 Å². The highest BCUT2D eigenvalue weighted by molar-refractivity contribution is 6.03. The lowest BCUT2D eigenvalue weighted by atomic mass is 10.2. The van der Waals surface area contributed by atoms with Crippen LogP contribution in [0.5, 0.6) is 0 Å². The minimum atomic E-state index is -0.241. The second-order valence-electron chi connectivity index (χ2n) is 5.97. The largest absolute Gasteiger partial charge is 0.376 e. The van der Waals surface area contributed by atoms with Crippen molar-refractivity contribution >= 4 is 17.4 Å². The Hall–Kier alpha value is -2.47. The van der Waals surface area contributed by atoms with Crippen LogP contribution in [0.25, 0.3) is 0 Å². The monoisotopic (exact) mass is 326 g/mol. The number of carbonyl (C=O) groups excluding carboxylic acids is 1. The van der Waals surface area contributed by atoms with Crippen LogP contribution >= 0.6 is 0 Å². The molecule has 0 radical (unpaired) electrons. The SMILES string of the molecule is Cc1nc(NCC2CCCO2)cc(C(=O)Nc2ccccc2C)n1. The Morgan fingerprint density at radius 1 is 1.29 bits per heavy atom. The van der Waals surface area contributed by atoms with Gasteiger partial charge in [-0.3, -0.25) is 4.79 Å². The third-order valence-electron chi connectivity index (χ3n) is 4.00. The van der Waals surface area contributed by atoms with Crippen molar-refractivity contribution in [1.29, 1.82) is 0 Å². The van der Waals surface area contributed by atoms with Gasteiger partial charge < -0.3 is 15.4 Å². The number of nitrogens with zero attached hydrogens (tertiary/aromatic N) is 2. The van der Waals surface area contributed by atoms with Crippen molar-refractivity contribution in [2.24, 2.45) is 0 Å². The number of anilines is 2. The zero-order valence-corrected chi connectivity index (χ0v) is 14.0. The average Bonchev–Trinajstić information content (AvgIpc) is 3.08. The first-order chi connectivity index (χ1) is 11.6. The quantitative estimate of drug-likeness (QED) is 0.883. The van der Waals surface area contributed by atoms with E-state index in [4.69, 9.17) is 4.74 Å². The first-order valence-corrected chi connectivity index (χ1v) is 8.20. The van der Waals surface area contributed by atoms with E-state index in [1.165, 1.54) is 0 Å². The molecule has 0 spiro atoms. The van der Waals surface area contributed by atoms with Crippen LogP contribution in [0.2, 0.25) is 0 Å². The van der Waals surface area contributed by atoms with Crippen LogP contribution in [-0.4, -0.2) is 35.1 Å². The molecule has 6 heteroatoms. The van der Waals surface area contributed by atoms with E-state index in [-0.39, 0.29) is 12.0 Å². The molecule has 1 amide bonds. The van der Waals surface area contributed by atoms with Crippen molar-refractivity contribution in [3.63, 3.8) is 0 Å². The van der Waals surface area contributed by atoms with Gasteiger partial charge in [-0.1, -0.05) is 18.2 Å². The third kappa shape index (κ3) is 4.08. The van der Waals surface area contributed by atoms with E-state index in [9.17, 15) is 4.79 Å². The molecule has 1 atom stereocenters. The van der Waals surface area contributed by atoms with Crippen LogP contribution in [0.4, 0.5) is 11.5 Å². The first kappa shape index (κ1) is 16.4. The smallest absolute Gasteiger partial charge is 0.274 e. The van der Waals surface area contributed by atoms with Crippen molar-refractivity contribution in [3.8, 4) is 0 Å². The van der Waals surface area contributed by atoms with Gasteiger partial charge in [-0.25, -0.2) is 9.97 Å². The van der Waals surface area contributed by atoms with Crippen molar-refractivity contribution in [2.75, 3.05) is 23.8 Å². The zero-order chi connectivity index (χ0) is 16.9. The lowest BCUT2D eigenvalue weighted by Gasteiger charge is -2.13. The fourth-order valence-electron chi connectivity index (χ4n) is 2.70. The summed E-state index contributed by atoms with van der Waals surface area (Å²) < 4.78 is 5.59. The second kappa shape index (κ2) is 7.40. The summed E-state index contributed by atoms with van der Waals surface area (Å²) in [5.74, 6) is 0.963. The van der Waals surface area contributed by atoms with Crippen LogP contribution in [0.15, 0.2) is 30.3 Å². The Morgan fingerprint density at radius 3 is 2.88 bits per heavy atom. The molecule has 1 aromatic heterocycles. The number of aryl methyl sites for hydroxylation is 2. The topological polar surface area (TPSA) is 76.1 Å². The summed E-state index contributed by atoms with van der Waals surface area (Å²) in [7, 11) is 0. The summed E-state index contributed by atoms with van der Waals surface area (Å²) in [4.78, 5) is 21.1. The van der Waals surface area contributed by atoms with E-state index < -0.39 is 0 Å². The van der Waals surface area contributed by atoms with Gasteiger partial charge in [0.2, 0.25) is 0 Å². The minimum absolute atomic E-state index is 0.213. The molecule has 0 saturated carbocycles. The summed E-state index contributed by atoms with van der Waals surface area (Å²) in [6.07, 6.45) is 2.36. The van der Waals surface area contributed by atoms with E-state index >= 15 is 0 Å². The van der Waals surface area contributed by atoms with Crippen LogP contribution in [-0.2, 0) is 4.74 Å². The van der Waals surface area contributed by atoms with Crippen LogP contribution in [0, 0.1) is 13.8 Å². The highest BCUT2D eigenvalue weighted by Gasteiger charge is 2.16. The summed E-state index contributed by atoms with van der Waals surface area (Å²) in [5, 5.41) is 6.14. The van der Waals surface area contributed by atoms with E-state index in [2.05, 4.69) is 20.6 Å². The van der Waals surface area contributed by atoms with Crippen LogP contribution in [0.3, 0.4) is 0 Å².